The van der Waals surface area contributed by atoms with Crippen molar-refractivity contribution in [2.75, 3.05) is 6.61 Å². The summed E-state index contributed by atoms with van der Waals surface area (Å²) >= 11 is 1.29. The molecule has 1 aliphatic rings. The van der Waals surface area contributed by atoms with Crippen LogP contribution in [0.15, 0.2) is 45.3 Å². The molecule has 7 nitrogen and oxygen atoms in total. The number of carbonyl (C=O) groups excluding carboxylic acids is 1. The lowest BCUT2D eigenvalue weighted by molar-refractivity contribution is -0.122. The molecule has 4 rings (SSSR count). The number of carbonyl (C=O) groups is 1. The summed E-state index contributed by atoms with van der Waals surface area (Å²) in [4.78, 5) is 38.9. The van der Waals surface area contributed by atoms with Crippen molar-refractivity contribution in [2.45, 2.75) is 58.2 Å². The van der Waals surface area contributed by atoms with E-state index in [9.17, 15) is 14.4 Å². The summed E-state index contributed by atoms with van der Waals surface area (Å²) in [6.07, 6.45) is 5.40. The van der Waals surface area contributed by atoms with E-state index in [1.807, 2.05) is 31.2 Å². The Morgan fingerprint density at radius 2 is 1.84 bits per heavy atom. The number of benzene rings is 1. The van der Waals surface area contributed by atoms with Gasteiger partial charge in [0.05, 0.1) is 18.7 Å². The number of ether oxygens (including phenoxy) is 1. The number of thiophene rings is 1. The van der Waals surface area contributed by atoms with Crippen LogP contribution < -0.4 is 21.3 Å². The van der Waals surface area contributed by atoms with Crippen LogP contribution in [0.25, 0.3) is 10.2 Å². The van der Waals surface area contributed by atoms with Crippen LogP contribution in [-0.2, 0) is 17.9 Å². The number of amides is 1. The van der Waals surface area contributed by atoms with Crippen LogP contribution in [0.4, 0.5) is 0 Å². The number of rotatable bonds is 7. The molecule has 0 unspecified atom stereocenters. The highest BCUT2D eigenvalue weighted by Gasteiger charge is 2.19. The molecule has 1 saturated carbocycles. The minimum atomic E-state index is -0.469. The molecular formula is C23H27N3O4S. The lowest BCUT2D eigenvalue weighted by Crippen LogP contribution is -2.44. The minimum Gasteiger partial charge on any atom is -0.494 e. The van der Waals surface area contributed by atoms with E-state index in [1.165, 1.54) is 26.9 Å². The maximum absolute atomic E-state index is 13.2. The van der Waals surface area contributed by atoms with E-state index in [0.29, 0.717) is 16.8 Å². The Morgan fingerprint density at radius 3 is 2.55 bits per heavy atom. The van der Waals surface area contributed by atoms with E-state index in [2.05, 4.69) is 5.32 Å². The molecule has 0 radical (unpaired) electrons. The van der Waals surface area contributed by atoms with Gasteiger partial charge in [-0.25, -0.2) is 4.79 Å². The summed E-state index contributed by atoms with van der Waals surface area (Å²) < 4.78 is 8.56. The predicted molar refractivity (Wildman–Crippen MR) is 122 cm³/mol. The van der Waals surface area contributed by atoms with Gasteiger partial charge in [0.15, 0.2) is 0 Å². The molecule has 8 heteroatoms. The van der Waals surface area contributed by atoms with Gasteiger partial charge in [0, 0.05) is 6.04 Å². The molecule has 0 atom stereocenters. The van der Waals surface area contributed by atoms with Crippen molar-refractivity contribution < 1.29 is 9.53 Å². The second-order valence-corrected chi connectivity index (χ2v) is 8.79. The van der Waals surface area contributed by atoms with Gasteiger partial charge in [0.1, 0.15) is 17.0 Å². The number of nitrogens with one attached hydrogen (secondary N) is 1. The predicted octanol–water partition coefficient (Wildman–Crippen LogP) is 3.12. The Kier molecular flexibility index (Phi) is 6.56. The lowest BCUT2D eigenvalue weighted by atomic mass is 9.95. The molecule has 1 fully saturated rings. The normalized spacial score (nSPS) is 14.6. The van der Waals surface area contributed by atoms with Gasteiger partial charge in [-0.05, 0) is 48.9 Å². The maximum Gasteiger partial charge on any atom is 0.332 e. The van der Waals surface area contributed by atoms with E-state index in [4.69, 9.17) is 4.74 Å². The SMILES string of the molecule is CCOc1ccc(Cn2c(=O)c3sccc3n(CC(=O)NC3CCCCC3)c2=O)cc1. The van der Waals surface area contributed by atoms with Crippen LogP contribution in [0.2, 0.25) is 0 Å². The second-order valence-electron chi connectivity index (χ2n) is 7.87. The Bertz CT molecular complexity index is 1170. The first-order valence-electron chi connectivity index (χ1n) is 10.8. The summed E-state index contributed by atoms with van der Waals surface area (Å²) in [5, 5.41) is 4.84. The molecule has 0 bridgehead atoms. The van der Waals surface area contributed by atoms with Gasteiger partial charge in [0.25, 0.3) is 5.56 Å². The third kappa shape index (κ3) is 4.74. The summed E-state index contributed by atoms with van der Waals surface area (Å²) in [5.41, 5.74) is 0.537. The van der Waals surface area contributed by atoms with Gasteiger partial charge >= 0.3 is 5.69 Å². The Labute approximate surface area is 184 Å². The highest BCUT2D eigenvalue weighted by molar-refractivity contribution is 7.17. The zero-order chi connectivity index (χ0) is 21.8. The first-order chi connectivity index (χ1) is 15.1. The molecule has 3 aromatic rings. The van der Waals surface area contributed by atoms with Crippen LogP contribution in [0.1, 0.15) is 44.6 Å². The number of hydrogen-bond donors (Lipinski definition) is 1. The van der Waals surface area contributed by atoms with Gasteiger partial charge in [-0.15, -0.1) is 11.3 Å². The third-order valence-corrected chi connectivity index (χ3v) is 6.58. The van der Waals surface area contributed by atoms with E-state index in [-0.39, 0.29) is 30.6 Å². The van der Waals surface area contributed by atoms with Gasteiger partial charge in [0.2, 0.25) is 5.91 Å². The van der Waals surface area contributed by atoms with Crippen molar-refractivity contribution in [3.63, 3.8) is 0 Å². The van der Waals surface area contributed by atoms with Crippen LogP contribution in [-0.4, -0.2) is 27.7 Å². The molecule has 1 N–H and O–H groups in total. The Morgan fingerprint density at radius 1 is 1.10 bits per heavy atom. The molecule has 0 saturated heterocycles. The minimum absolute atomic E-state index is 0.0911. The highest BCUT2D eigenvalue weighted by atomic mass is 32.1. The Hall–Kier alpha value is -2.87. The summed E-state index contributed by atoms with van der Waals surface area (Å²) in [6.45, 7) is 2.53. The van der Waals surface area contributed by atoms with Gasteiger partial charge in [-0.3, -0.25) is 18.7 Å². The summed E-state index contributed by atoms with van der Waals surface area (Å²) in [7, 11) is 0. The van der Waals surface area contributed by atoms with Crippen molar-refractivity contribution in [3.8, 4) is 5.75 Å². The van der Waals surface area contributed by atoms with E-state index < -0.39 is 5.69 Å². The average Bonchev–Trinajstić information content (AvgIpc) is 3.26. The van der Waals surface area contributed by atoms with Crippen molar-refractivity contribution >= 4 is 27.5 Å². The van der Waals surface area contributed by atoms with Gasteiger partial charge in [-0.1, -0.05) is 31.4 Å². The van der Waals surface area contributed by atoms with E-state index >= 15 is 0 Å². The van der Waals surface area contributed by atoms with Crippen molar-refractivity contribution in [1.82, 2.24) is 14.5 Å². The molecule has 1 aliphatic carbocycles. The molecule has 31 heavy (non-hydrogen) atoms. The number of hydrogen-bond acceptors (Lipinski definition) is 5. The fourth-order valence-electron chi connectivity index (χ4n) is 4.13. The molecule has 1 aromatic carbocycles. The fourth-order valence-corrected chi connectivity index (χ4v) is 4.97. The van der Waals surface area contributed by atoms with Crippen LogP contribution in [0.5, 0.6) is 5.75 Å². The van der Waals surface area contributed by atoms with Gasteiger partial charge < -0.3 is 10.1 Å². The summed E-state index contributed by atoms with van der Waals surface area (Å²) in [5.74, 6) is 0.553. The molecule has 0 spiro atoms. The van der Waals surface area contributed by atoms with Crippen LogP contribution in [0, 0.1) is 0 Å². The topological polar surface area (TPSA) is 82.3 Å². The largest absolute Gasteiger partial charge is 0.494 e. The molecule has 0 aliphatic heterocycles. The van der Waals surface area contributed by atoms with Crippen LogP contribution >= 0.6 is 11.3 Å². The monoisotopic (exact) mass is 441 g/mol. The second kappa shape index (κ2) is 9.51. The van der Waals surface area contributed by atoms with E-state index in [0.717, 1.165) is 37.0 Å². The standard InChI is InChI=1S/C23H27N3O4S/c1-2-30-18-10-8-16(9-11-18)14-26-22(28)21-19(12-13-31-21)25(23(26)29)15-20(27)24-17-6-4-3-5-7-17/h8-13,17H,2-7,14-15H2,1H3,(H,24,27). The molecule has 1 amide bonds. The molecule has 164 valence electrons. The Balaban J connectivity index is 1.63. The summed E-state index contributed by atoms with van der Waals surface area (Å²) in [6, 6.07) is 9.24. The van der Waals surface area contributed by atoms with Crippen molar-refractivity contribution in [2.24, 2.45) is 0 Å². The third-order valence-electron chi connectivity index (χ3n) is 5.68. The van der Waals surface area contributed by atoms with Crippen molar-refractivity contribution in [3.05, 3.63) is 62.1 Å². The quantitative estimate of drug-likeness (QED) is 0.611. The molecular weight excluding hydrogens is 414 g/mol. The first-order valence-corrected chi connectivity index (χ1v) is 11.7. The van der Waals surface area contributed by atoms with E-state index in [1.54, 1.807) is 11.4 Å². The van der Waals surface area contributed by atoms with Gasteiger partial charge in [-0.2, -0.15) is 0 Å². The zero-order valence-electron chi connectivity index (χ0n) is 17.6. The highest BCUT2D eigenvalue weighted by Crippen LogP contribution is 2.18. The number of fused-ring (bicyclic) bond motifs is 1. The fraction of sp³-hybridized carbons (Fsp3) is 0.435. The molecule has 2 aromatic heterocycles. The number of nitrogens with zero attached hydrogens (tertiary/aromatic N) is 2. The maximum atomic E-state index is 13.2. The zero-order valence-corrected chi connectivity index (χ0v) is 18.5. The molecule has 2 heterocycles. The van der Waals surface area contributed by atoms with Crippen molar-refractivity contribution in [1.29, 1.82) is 0 Å². The number of aromatic nitrogens is 2. The smallest absolute Gasteiger partial charge is 0.332 e. The first kappa shape index (κ1) is 21.4. The lowest BCUT2D eigenvalue weighted by Gasteiger charge is -2.23. The average molecular weight is 442 g/mol. The van der Waals surface area contributed by atoms with Crippen LogP contribution in [0.3, 0.4) is 0 Å².